The number of halogens is 1. The monoisotopic (exact) mass is 273 g/mol. The molecule has 0 saturated carbocycles. The molecule has 1 aromatic rings. The van der Waals surface area contributed by atoms with Crippen molar-refractivity contribution in [2.75, 3.05) is 20.2 Å². The van der Waals surface area contributed by atoms with Gasteiger partial charge in [0.15, 0.2) is 0 Å². The predicted molar refractivity (Wildman–Crippen MR) is 64.3 cm³/mol. The van der Waals surface area contributed by atoms with E-state index >= 15 is 0 Å². The van der Waals surface area contributed by atoms with Gasteiger partial charge in [-0.3, -0.25) is 0 Å². The summed E-state index contributed by atoms with van der Waals surface area (Å²) in [7, 11) is 1.80. The molecule has 0 aromatic heterocycles. The summed E-state index contributed by atoms with van der Waals surface area (Å²) < 4.78 is 6.51. The van der Waals surface area contributed by atoms with E-state index in [1.54, 1.807) is 7.05 Å². The van der Waals surface area contributed by atoms with Gasteiger partial charge in [-0.1, -0.05) is 15.9 Å². The number of benzene rings is 1. The maximum atomic E-state index is 9.44. The lowest BCUT2D eigenvalue weighted by atomic mass is 10.2. The Morgan fingerprint density at radius 1 is 1.53 bits per heavy atom. The fourth-order valence-corrected chi connectivity index (χ4v) is 1.44. The van der Waals surface area contributed by atoms with E-state index in [-0.39, 0.29) is 0 Å². The van der Waals surface area contributed by atoms with Crippen LogP contribution < -0.4 is 10.1 Å². The van der Waals surface area contributed by atoms with Crippen LogP contribution in [0.1, 0.15) is 5.56 Å². The molecule has 0 spiro atoms. The zero-order chi connectivity index (χ0) is 11.3. The molecule has 0 aliphatic rings. The molecule has 15 heavy (non-hydrogen) atoms. The Kier molecular flexibility index (Phi) is 5.08. The van der Waals surface area contributed by atoms with E-state index in [1.165, 1.54) is 0 Å². The van der Waals surface area contributed by atoms with Gasteiger partial charge in [0.25, 0.3) is 0 Å². The molecule has 1 aromatic carbocycles. The molecule has 0 bridgehead atoms. The summed E-state index contributed by atoms with van der Waals surface area (Å²) >= 11 is 3.42. The lowest BCUT2D eigenvalue weighted by Gasteiger charge is -2.12. The standard InChI is InChI=1S/C11H16BrNO2/c1-8-5-10(3-4-11(8)12)15-7-9(14)6-13-2/h3-5,9,13-14H,6-7H2,1-2H3. The van der Waals surface area contributed by atoms with E-state index in [2.05, 4.69) is 21.2 Å². The van der Waals surface area contributed by atoms with Crippen molar-refractivity contribution in [3.63, 3.8) is 0 Å². The summed E-state index contributed by atoms with van der Waals surface area (Å²) in [5, 5.41) is 12.3. The predicted octanol–water partition coefficient (Wildman–Crippen LogP) is 1.72. The first-order chi connectivity index (χ1) is 7.13. The average molecular weight is 274 g/mol. The molecular formula is C11H16BrNO2. The Bertz CT molecular complexity index is 317. The maximum Gasteiger partial charge on any atom is 0.119 e. The van der Waals surface area contributed by atoms with Crippen LogP contribution in [0.5, 0.6) is 5.75 Å². The Hall–Kier alpha value is -0.580. The molecule has 0 aliphatic heterocycles. The number of ether oxygens (including phenoxy) is 1. The normalized spacial score (nSPS) is 12.5. The van der Waals surface area contributed by atoms with Crippen LogP contribution in [0.4, 0.5) is 0 Å². The van der Waals surface area contributed by atoms with Gasteiger partial charge in [-0.15, -0.1) is 0 Å². The lowest BCUT2D eigenvalue weighted by molar-refractivity contribution is 0.108. The van der Waals surface area contributed by atoms with E-state index in [4.69, 9.17) is 4.74 Å². The van der Waals surface area contributed by atoms with E-state index in [1.807, 2.05) is 25.1 Å². The van der Waals surface area contributed by atoms with Crippen molar-refractivity contribution in [3.8, 4) is 5.75 Å². The first-order valence-electron chi connectivity index (χ1n) is 4.85. The minimum atomic E-state index is -0.473. The largest absolute Gasteiger partial charge is 0.491 e. The fraction of sp³-hybridized carbons (Fsp3) is 0.455. The van der Waals surface area contributed by atoms with Crippen LogP contribution in [0.15, 0.2) is 22.7 Å². The molecule has 84 valence electrons. The van der Waals surface area contributed by atoms with Gasteiger partial charge in [0.05, 0.1) is 0 Å². The zero-order valence-corrected chi connectivity index (χ0v) is 10.5. The summed E-state index contributed by atoms with van der Waals surface area (Å²) in [5.41, 5.74) is 1.12. The van der Waals surface area contributed by atoms with Crippen molar-refractivity contribution >= 4 is 15.9 Å². The first-order valence-corrected chi connectivity index (χ1v) is 5.64. The minimum absolute atomic E-state index is 0.307. The number of likely N-dealkylation sites (N-methyl/N-ethyl adjacent to an activating group) is 1. The number of hydrogen-bond acceptors (Lipinski definition) is 3. The molecular weight excluding hydrogens is 258 g/mol. The highest BCUT2D eigenvalue weighted by Gasteiger charge is 2.04. The van der Waals surface area contributed by atoms with Crippen molar-refractivity contribution in [2.24, 2.45) is 0 Å². The smallest absolute Gasteiger partial charge is 0.119 e. The number of aryl methyl sites for hydroxylation is 1. The summed E-state index contributed by atoms with van der Waals surface area (Å²) in [5.74, 6) is 0.783. The highest BCUT2D eigenvalue weighted by molar-refractivity contribution is 9.10. The van der Waals surface area contributed by atoms with Crippen LogP contribution in [-0.4, -0.2) is 31.4 Å². The van der Waals surface area contributed by atoms with Crippen LogP contribution in [-0.2, 0) is 0 Å². The number of nitrogens with one attached hydrogen (secondary N) is 1. The highest BCUT2D eigenvalue weighted by atomic mass is 79.9. The topological polar surface area (TPSA) is 41.5 Å². The second-order valence-corrected chi connectivity index (χ2v) is 4.29. The first kappa shape index (κ1) is 12.5. The quantitative estimate of drug-likeness (QED) is 0.859. The summed E-state index contributed by atoms with van der Waals surface area (Å²) in [6.45, 7) is 2.85. The van der Waals surface area contributed by atoms with Crippen molar-refractivity contribution < 1.29 is 9.84 Å². The van der Waals surface area contributed by atoms with Crippen LogP contribution in [0.2, 0.25) is 0 Å². The third-order valence-corrected chi connectivity index (χ3v) is 2.90. The van der Waals surface area contributed by atoms with E-state index in [0.29, 0.717) is 13.2 Å². The van der Waals surface area contributed by atoms with Crippen molar-refractivity contribution in [1.82, 2.24) is 5.32 Å². The Labute approximate surface area is 98.6 Å². The zero-order valence-electron chi connectivity index (χ0n) is 8.96. The molecule has 0 heterocycles. The van der Waals surface area contributed by atoms with Crippen molar-refractivity contribution in [2.45, 2.75) is 13.0 Å². The van der Waals surface area contributed by atoms with Crippen molar-refractivity contribution in [3.05, 3.63) is 28.2 Å². The number of rotatable bonds is 5. The van der Waals surface area contributed by atoms with Gasteiger partial charge in [0, 0.05) is 11.0 Å². The van der Waals surface area contributed by atoms with Gasteiger partial charge >= 0.3 is 0 Å². The number of aliphatic hydroxyl groups is 1. The second kappa shape index (κ2) is 6.10. The lowest BCUT2D eigenvalue weighted by Crippen LogP contribution is -2.29. The van der Waals surface area contributed by atoms with Gasteiger partial charge in [0.2, 0.25) is 0 Å². The molecule has 3 nitrogen and oxygen atoms in total. The van der Waals surface area contributed by atoms with Gasteiger partial charge in [-0.25, -0.2) is 0 Å². The second-order valence-electron chi connectivity index (χ2n) is 3.43. The summed E-state index contributed by atoms with van der Waals surface area (Å²) in [6, 6.07) is 5.76. The Balaban J connectivity index is 2.47. The van der Waals surface area contributed by atoms with Gasteiger partial charge in [-0.2, -0.15) is 0 Å². The third kappa shape index (κ3) is 4.20. The molecule has 1 unspecified atom stereocenters. The van der Waals surface area contributed by atoms with E-state index in [0.717, 1.165) is 15.8 Å². The van der Waals surface area contributed by atoms with Crippen LogP contribution in [0, 0.1) is 6.92 Å². The average Bonchev–Trinajstić information content (AvgIpc) is 2.20. The van der Waals surface area contributed by atoms with Gasteiger partial charge in [0.1, 0.15) is 18.5 Å². The molecule has 0 radical (unpaired) electrons. The SMILES string of the molecule is CNCC(O)COc1ccc(Br)c(C)c1. The molecule has 4 heteroatoms. The fourth-order valence-electron chi connectivity index (χ4n) is 1.19. The summed E-state index contributed by atoms with van der Waals surface area (Å²) in [6.07, 6.45) is -0.473. The number of aliphatic hydroxyl groups excluding tert-OH is 1. The maximum absolute atomic E-state index is 9.44. The minimum Gasteiger partial charge on any atom is -0.491 e. The van der Waals surface area contributed by atoms with Crippen LogP contribution in [0.3, 0.4) is 0 Å². The molecule has 2 N–H and O–H groups in total. The molecule has 1 rings (SSSR count). The number of hydrogen-bond donors (Lipinski definition) is 2. The molecule has 1 atom stereocenters. The van der Waals surface area contributed by atoms with Crippen LogP contribution in [0.25, 0.3) is 0 Å². The highest BCUT2D eigenvalue weighted by Crippen LogP contribution is 2.21. The van der Waals surface area contributed by atoms with Crippen molar-refractivity contribution in [1.29, 1.82) is 0 Å². The van der Waals surface area contributed by atoms with E-state index < -0.39 is 6.10 Å². The Morgan fingerprint density at radius 3 is 2.87 bits per heavy atom. The molecule has 0 amide bonds. The Morgan fingerprint density at radius 2 is 2.27 bits per heavy atom. The third-order valence-electron chi connectivity index (χ3n) is 2.01. The molecule has 0 aliphatic carbocycles. The van der Waals surface area contributed by atoms with Gasteiger partial charge < -0.3 is 15.2 Å². The van der Waals surface area contributed by atoms with Gasteiger partial charge in [-0.05, 0) is 37.7 Å². The molecule has 0 saturated heterocycles. The van der Waals surface area contributed by atoms with Crippen LogP contribution >= 0.6 is 15.9 Å². The van der Waals surface area contributed by atoms with E-state index in [9.17, 15) is 5.11 Å². The summed E-state index contributed by atoms with van der Waals surface area (Å²) in [4.78, 5) is 0. The molecule has 0 fully saturated rings.